The topological polar surface area (TPSA) is 53.3 Å². The minimum Gasteiger partial charge on any atom is -0.392 e. The molecular weight excluding hydrogens is 398 g/mol. The first-order valence-electron chi connectivity index (χ1n) is 10.7. The fourth-order valence-electron chi connectivity index (χ4n) is 4.09. The average Bonchev–Trinajstić information content (AvgIpc) is 3.15. The predicted octanol–water partition coefficient (Wildman–Crippen LogP) is 3.67. The highest BCUT2D eigenvalue weighted by Crippen LogP contribution is 2.27. The molecule has 1 saturated heterocycles. The second-order valence-electron chi connectivity index (χ2n) is 8.13. The highest BCUT2D eigenvalue weighted by molar-refractivity contribution is 5.66. The Kier molecular flexibility index (Phi) is 6.75. The van der Waals surface area contributed by atoms with Crippen LogP contribution in [-0.4, -0.2) is 52.1 Å². The van der Waals surface area contributed by atoms with E-state index in [0.29, 0.717) is 6.54 Å². The smallest absolute Gasteiger partial charge is 0.151 e. The molecule has 5 nitrogen and oxygen atoms in total. The number of aliphatic hydroxyl groups is 1. The number of aliphatic hydroxyl groups excluding tert-OH is 1. The minimum atomic E-state index is -0.651. The number of aromatic nitrogens is 2. The number of piperidine rings is 1. The second-order valence-corrected chi connectivity index (χ2v) is 8.13. The maximum atomic E-state index is 14.4. The van der Waals surface area contributed by atoms with Gasteiger partial charge in [0.05, 0.1) is 11.8 Å². The van der Waals surface area contributed by atoms with Crippen molar-refractivity contribution in [2.24, 2.45) is 0 Å². The molecular formula is C24H28F2N4O. The van der Waals surface area contributed by atoms with Gasteiger partial charge in [-0.2, -0.15) is 5.10 Å². The fourth-order valence-corrected chi connectivity index (χ4v) is 4.09. The number of benzene rings is 2. The lowest BCUT2D eigenvalue weighted by Gasteiger charge is -2.29. The van der Waals surface area contributed by atoms with Gasteiger partial charge < -0.3 is 10.4 Å². The van der Waals surface area contributed by atoms with E-state index in [1.54, 1.807) is 6.20 Å². The van der Waals surface area contributed by atoms with E-state index >= 15 is 0 Å². The van der Waals surface area contributed by atoms with Crippen molar-refractivity contribution in [1.29, 1.82) is 0 Å². The number of nitrogens with one attached hydrogen (secondary N) is 1. The van der Waals surface area contributed by atoms with Crippen LogP contribution in [0.2, 0.25) is 0 Å². The summed E-state index contributed by atoms with van der Waals surface area (Å²) in [5, 5.41) is 17.9. The van der Waals surface area contributed by atoms with E-state index in [1.807, 2.05) is 31.2 Å². The number of halogens is 2. The zero-order chi connectivity index (χ0) is 21.8. The highest BCUT2D eigenvalue weighted by atomic mass is 19.1. The molecule has 1 fully saturated rings. The lowest BCUT2D eigenvalue weighted by molar-refractivity contribution is 0.0712. The molecule has 0 radical (unpaired) electrons. The Morgan fingerprint density at radius 1 is 1.19 bits per heavy atom. The van der Waals surface area contributed by atoms with E-state index < -0.39 is 11.6 Å². The van der Waals surface area contributed by atoms with Crippen molar-refractivity contribution in [1.82, 2.24) is 20.0 Å². The SMILES string of the molecule is Cc1ccccc1-c1nn(-c2ccc(F)cc2F)cc1CNCCN1CCC[C@H](O)C1. The third kappa shape index (κ3) is 5.18. The molecule has 7 heteroatoms. The molecule has 1 atom stereocenters. The van der Waals surface area contributed by atoms with Gasteiger partial charge in [0, 0.05) is 49.6 Å². The summed E-state index contributed by atoms with van der Waals surface area (Å²) in [6.07, 6.45) is 3.47. The molecule has 0 aliphatic carbocycles. The van der Waals surface area contributed by atoms with Crippen molar-refractivity contribution >= 4 is 0 Å². The number of hydrogen-bond donors (Lipinski definition) is 2. The zero-order valence-corrected chi connectivity index (χ0v) is 17.7. The van der Waals surface area contributed by atoms with Gasteiger partial charge in [-0.3, -0.25) is 4.90 Å². The number of nitrogens with zero attached hydrogens (tertiary/aromatic N) is 3. The predicted molar refractivity (Wildman–Crippen MR) is 117 cm³/mol. The van der Waals surface area contributed by atoms with Crippen molar-refractivity contribution in [3.8, 4) is 16.9 Å². The summed E-state index contributed by atoms with van der Waals surface area (Å²) in [7, 11) is 0. The molecule has 1 aromatic heterocycles. The molecule has 0 amide bonds. The van der Waals surface area contributed by atoms with E-state index in [0.717, 1.165) is 67.5 Å². The van der Waals surface area contributed by atoms with Crippen LogP contribution in [0.3, 0.4) is 0 Å². The second kappa shape index (κ2) is 9.68. The molecule has 0 unspecified atom stereocenters. The molecule has 31 heavy (non-hydrogen) atoms. The third-order valence-electron chi connectivity index (χ3n) is 5.75. The van der Waals surface area contributed by atoms with Gasteiger partial charge in [0.2, 0.25) is 0 Å². The van der Waals surface area contributed by atoms with Crippen LogP contribution in [0.1, 0.15) is 24.0 Å². The molecule has 3 aromatic rings. The largest absolute Gasteiger partial charge is 0.392 e. The Morgan fingerprint density at radius 3 is 2.81 bits per heavy atom. The summed E-state index contributed by atoms with van der Waals surface area (Å²) in [5.74, 6) is -1.26. The highest BCUT2D eigenvalue weighted by Gasteiger charge is 2.18. The molecule has 2 N–H and O–H groups in total. The third-order valence-corrected chi connectivity index (χ3v) is 5.75. The molecule has 4 rings (SSSR count). The van der Waals surface area contributed by atoms with Gasteiger partial charge >= 0.3 is 0 Å². The summed E-state index contributed by atoms with van der Waals surface area (Å²) in [6.45, 7) is 5.95. The first-order valence-corrected chi connectivity index (χ1v) is 10.7. The number of aryl methyl sites for hydroxylation is 1. The van der Waals surface area contributed by atoms with E-state index in [9.17, 15) is 13.9 Å². The zero-order valence-electron chi connectivity index (χ0n) is 17.7. The Labute approximate surface area is 181 Å². The van der Waals surface area contributed by atoms with Gasteiger partial charge in [-0.05, 0) is 44.0 Å². The van der Waals surface area contributed by atoms with Crippen LogP contribution in [0, 0.1) is 18.6 Å². The van der Waals surface area contributed by atoms with E-state index in [2.05, 4.69) is 15.3 Å². The molecule has 0 bridgehead atoms. The van der Waals surface area contributed by atoms with Crippen molar-refractivity contribution in [2.45, 2.75) is 32.4 Å². The van der Waals surface area contributed by atoms with Gasteiger partial charge in [-0.15, -0.1) is 0 Å². The maximum absolute atomic E-state index is 14.4. The van der Waals surface area contributed by atoms with Crippen LogP contribution in [0.15, 0.2) is 48.7 Å². The number of β-amino-alcohol motifs (C(OH)–C–C–N with tert-alkyl or cyclic N) is 1. The average molecular weight is 427 g/mol. The molecule has 2 heterocycles. The van der Waals surface area contributed by atoms with Crippen LogP contribution in [0.5, 0.6) is 0 Å². The monoisotopic (exact) mass is 426 g/mol. The number of rotatable bonds is 7. The summed E-state index contributed by atoms with van der Waals surface area (Å²) in [6, 6.07) is 11.5. The van der Waals surface area contributed by atoms with Gasteiger partial charge in [0.1, 0.15) is 11.5 Å². The Hall–Kier alpha value is -2.61. The number of hydrogen-bond acceptors (Lipinski definition) is 4. The Bertz CT molecular complexity index is 1040. The van der Waals surface area contributed by atoms with Gasteiger partial charge in [-0.1, -0.05) is 24.3 Å². The Morgan fingerprint density at radius 2 is 2.03 bits per heavy atom. The standard InChI is InChI=1S/C24H28F2N4O/c1-17-5-2-3-7-21(17)24-18(14-27-10-12-29-11-4-6-20(31)16-29)15-30(28-24)23-9-8-19(25)13-22(23)26/h2-3,5,7-9,13,15,20,27,31H,4,6,10-12,14,16H2,1H3/t20-/m0/s1. The molecule has 0 saturated carbocycles. The molecule has 2 aromatic carbocycles. The molecule has 1 aliphatic heterocycles. The lowest BCUT2D eigenvalue weighted by Crippen LogP contribution is -2.41. The minimum absolute atomic E-state index is 0.213. The van der Waals surface area contributed by atoms with E-state index in [1.165, 1.54) is 16.8 Å². The van der Waals surface area contributed by atoms with Crippen LogP contribution in [0.25, 0.3) is 16.9 Å². The van der Waals surface area contributed by atoms with Crippen molar-refractivity contribution in [2.75, 3.05) is 26.2 Å². The van der Waals surface area contributed by atoms with Crippen molar-refractivity contribution in [3.05, 3.63) is 71.4 Å². The fraction of sp³-hybridized carbons (Fsp3) is 0.375. The van der Waals surface area contributed by atoms with Crippen LogP contribution >= 0.6 is 0 Å². The van der Waals surface area contributed by atoms with E-state index in [-0.39, 0.29) is 11.8 Å². The van der Waals surface area contributed by atoms with Crippen molar-refractivity contribution in [3.63, 3.8) is 0 Å². The summed E-state index contributed by atoms with van der Waals surface area (Å²) in [4.78, 5) is 2.26. The molecule has 164 valence electrons. The summed E-state index contributed by atoms with van der Waals surface area (Å²) >= 11 is 0. The van der Waals surface area contributed by atoms with Crippen molar-refractivity contribution < 1.29 is 13.9 Å². The van der Waals surface area contributed by atoms with Gasteiger partial charge in [0.25, 0.3) is 0 Å². The Balaban J connectivity index is 1.53. The lowest BCUT2D eigenvalue weighted by atomic mass is 10.0. The van der Waals surface area contributed by atoms with Gasteiger partial charge in [0.15, 0.2) is 5.82 Å². The normalized spacial score (nSPS) is 17.2. The van der Waals surface area contributed by atoms with E-state index in [4.69, 9.17) is 0 Å². The molecule has 1 aliphatic rings. The molecule has 0 spiro atoms. The quantitative estimate of drug-likeness (QED) is 0.566. The maximum Gasteiger partial charge on any atom is 0.151 e. The first-order chi connectivity index (χ1) is 15.0. The van der Waals surface area contributed by atoms with Crippen LogP contribution in [0.4, 0.5) is 8.78 Å². The van der Waals surface area contributed by atoms with Gasteiger partial charge in [-0.25, -0.2) is 13.5 Å². The van der Waals surface area contributed by atoms with Crippen LogP contribution in [-0.2, 0) is 6.54 Å². The summed E-state index contributed by atoms with van der Waals surface area (Å²) < 4.78 is 29.2. The first kappa shape index (κ1) is 21.6. The number of likely N-dealkylation sites (tertiary alicyclic amines) is 1. The summed E-state index contributed by atoms with van der Waals surface area (Å²) in [5.41, 5.74) is 4.00. The van der Waals surface area contributed by atoms with Crippen LogP contribution < -0.4 is 5.32 Å².